The molecule has 1 heteroatoms. The van der Waals surface area contributed by atoms with Crippen LogP contribution in [0.2, 0.25) is 0 Å². The van der Waals surface area contributed by atoms with Gasteiger partial charge in [0, 0.05) is 5.25 Å². The van der Waals surface area contributed by atoms with E-state index in [2.05, 4.69) is 42.1 Å². The van der Waals surface area contributed by atoms with E-state index in [0.29, 0.717) is 0 Å². The van der Waals surface area contributed by atoms with Crippen LogP contribution in [0.5, 0.6) is 0 Å². The van der Waals surface area contributed by atoms with Gasteiger partial charge in [-0.1, -0.05) is 30.4 Å². The first-order valence-corrected chi connectivity index (χ1v) is 6.02. The molecule has 2 aliphatic rings. The van der Waals surface area contributed by atoms with Gasteiger partial charge in [-0.05, 0) is 37.0 Å². The Morgan fingerprint density at radius 1 is 1.23 bits per heavy atom. The molecule has 0 aromatic heterocycles. The summed E-state index contributed by atoms with van der Waals surface area (Å²) in [6.45, 7) is 0. The molecule has 0 bridgehead atoms. The van der Waals surface area contributed by atoms with Gasteiger partial charge in [0.05, 0.1) is 0 Å². The van der Waals surface area contributed by atoms with Gasteiger partial charge < -0.3 is 0 Å². The van der Waals surface area contributed by atoms with Crippen LogP contribution in [0.15, 0.2) is 35.3 Å². The van der Waals surface area contributed by atoms with Crippen LogP contribution < -0.4 is 0 Å². The van der Waals surface area contributed by atoms with Crippen LogP contribution >= 0.6 is 11.8 Å². The molecule has 0 fully saturated rings. The van der Waals surface area contributed by atoms with Crippen LogP contribution in [0.3, 0.4) is 0 Å². The van der Waals surface area contributed by atoms with Gasteiger partial charge in [-0.15, -0.1) is 11.8 Å². The molecule has 2 rings (SSSR count). The van der Waals surface area contributed by atoms with Crippen molar-refractivity contribution in [2.24, 2.45) is 0 Å². The summed E-state index contributed by atoms with van der Waals surface area (Å²) in [5.74, 6) is 0. The number of allylic oxidation sites excluding steroid dienone is 5. The summed E-state index contributed by atoms with van der Waals surface area (Å²) in [7, 11) is 0. The van der Waals surface area contributed by atoms with E-state index >= 15 is 0 Å². The normalized spacial score (nSPS) is 27.4. The molecule has 13 heavy (non-hydrogen) atoms. The highest BCUT2D eigenvalue weighted by Crippen LogP contribution is 2.33. The molecule has 0 aromatic carbocycles. The minimum absolute atomic E-state index is 0.756. The third-order valence-corrected chi connectivity index (χ3v) is 3.83. The van der Waals surface area contributed by atoms with Gasteiger partial charge in [-0.25, -0.2) is 0 Å². The second kappa shape index (κ2) is 4.71. The minimum Gasteiger partial charge on any atom is -0.123 e. The molecule has 0 amide bonds. The van der Waals surface area contributed by atoms with Gasteiger partial charge in [0.2, 0.25) is 0 Å². The Morgan fingerprint density at radius 3 is 2.92 bits per heavy atom. The highest BCUT2D eigenvalue weighted by Gasteiger charge is 2.11. The fraction of sp³-hybridized carbons (Fsp3) is 0.500. The van der Waals surface area contributed by atoms with Crippen molar-refractivity contribution in [3.8, 4) is 0 Å². The van der Waals surface area contributed by atoms with Crippen LogP contribution in [-0.2, 0) is 0 Å². The number of hydrogen-bond donors (Lipinski definition) is 0. The zero-order chi connectivity index (χ0) is 8.93. The summed E-state index contributed by atoms with van der Waals surface area (Å²) in [5, 5.41) is 0.756. The van der Waals surface area contributed by atoms with Crippen molar-refractivity contribution in [1.29, 1.82) is 0 Å². The number of thioether (sulfide) groups is 1. The molecule has 0 aliphatic heterocycles. The molecule has 0 saturated carbocycles. The maximum Gasteiger partial charge on any atom is 0.0271 e. The van der Waals surface area contributed by atoms with E-state index in [1.165, 1.54) is 32.1 Å². The molecule has 0 saturated heterocycles. The van der Waals surface area contributed by atoms with Crippen molar-refractivity contribution in [3.63, 3.8) is 0 Å². The molecule has 1 atom stereocenters. The van der Waals surface area contributed by atoms with E-state index in [1.807, 2.05) is 0 Å². The lowest BCUT2D eigenvalue weighted by Gasteiger charge is -2.18. The zero-order valence-corrected chi connectivity index (χ0v) is 8.72. The molecular weight excluding hydrogens is 176 g/mol. The lowest BCUT2D eigenvalue weighted by Crippen LogP contribution is -2.02. The first kappa shape index (κ1) is 9.14. The predicted molar refractivity (Wildman–Crippen MR) is 60.8 cm³/mol. The molecule has 0 radical (unpaired) electrons. The quantitative estimate of drug-likeness (QED) is 0.594. The Kier molecular flexibility index (Phi) is 3.31. The van der Waals surface area contributed by atoms with Gasteiger partial charge in [-0.2, -0.15) is 0 Å². The van der Waals surface area contributed by atoms with Gasteiger partial charge in [0.15, 0.2) is 0 Å². The maximum atomic E-state index is 2.38. The largest absolute Gasteiger partial charge is 0.123 e. The fourth-order valence-electron chi connectivity index (χ4n) is 1.75. The van der Waals surface area contributed by atoms with Gasteiger partial charge >= 0.3 is 0 Å². The molecule has 0 heterocycles. The smallest absolute Gasteiger partial charge is 0.0271 e. The SMILES string of the molecule is C1=CCCC(SC2C=CCCC2)=C1. The first-order chi connectivity index (χ1) is 6.45. The summed E-state index contributed by atoms with van der Waals surface area (Å²) >= 11 is 2.06. The summed E-state index contributed by atoms with van der Waals surface area (Å²) in [6.07, 6.45) is 17.9. The van der Waals surface area contributed by atoms with E-state index in [0.717, 1.165) is 5.25 Å². The van der Waals surface area contributed by atoms with Gasteiger partial charge in [-0.3, -0.25) is 0 Å². The summed E-state index contributed by atoms with van der Waals surface area (Å²) in [5.41, 5.74) is 0. The van der Waals surface area contributed by atoms with Crippen LogP contribution in [0, 0.1) is 0 Å². The molecule has 0 N–H and O–H groups in total. The van der Waals surface area contributed by atoms with Crippen molar-refractivity contribution >= 4 is 11.8 Å². The van der Waals surface area contributed by atoms with Crippen molar-refractivity contribution in [2.75, 3.05) is 0 Å². The van der Waals surface area contributed by atoms with Crippen molar-refractivity contribution in [2.45, 2.75) is 37.4 Å². The van der Waals surface area contributed by atoms with Crippen LogP contribution in [0.4, 0.5) is 0 Å². The Hall–Kier alpha value is -0.430. The predicted octanol–water partition coefficient (Wildman–Crippen LogP) is 4.06. The monoisotopic (exact) mass is 192 g/mol. The zero-order valence-electron chi connectivity index (χ0n) is 7.91. The second-order valence-corrected chi connectivity index (χ2v) is 4.98. The molecule has 2 aliphatic carbocycles. The first-order valence-electron chi connectivity index (χ1n) is 5.14. The van der Waals surface area contributed by atoms with Crippen LogP contribution in [0.1, 0.15) is 32.1 Å². The maximum absolute atomic E-state index is 2.38. The molecule has 0 aromatic rings. The highest BCUT2D eigenvalue weighted by molar-refractivity contribution is 8.03. The summed E-state index contributed by atoms with van der Waals surface area (Å²) in [6, 6.07) is 0. The fourth-order valence-corrected chi connectivity index (χ4v) is 3.01. The topological polar surface area (TPSA) is 0 Å². The summed E-state index contributed by atoms with van der Waals surface area (Å²) < 4.78 is 0. The number of rotatable bonds is 2. The average Bonchev–Trinajstić information content (AvgIpc) is 2.21. The van der Waals surface area contributed by atoms with E-state index in [-0.39, 0.29) is 0 Å². The Labute approximate surface area is 84.8 Å². The highest BCUT2D eigenvalue weighted by atomic mass is 32.2. The lowest BCUT2D eigenvalue weighted by atomic mass is 10.1. The molecule has 0 spiro atoms. The molecular formula is C12H16S. The molecule has 70 valence electrons. The minimum atomic E-state index is 0.756. The van der Waals surface area contributed by atoms with Crippen LogP contribution in [-0.4, -0.2) is 5.25 Å². The molecule has 1 unspecified atom stereocenters. The lowest BCUT2D eigenvalue weighted by molar-refractivity contribution is 0.741. The Balaban J connectivity index is 1.89. The van der Waals surface area contributed by atoms with Gasteiger partial charge in [0.25, 0.3) is 0 Å². The van der Waals surface area contributed by atoms with E-state index in [4.69, 9.17) is 0 Å². The van der Waals surface area contributed by atoms with E-state index < -0.39 is 0 Å². The van der Waals surface area contributed by atoms with E-state index in [9.17, 15) is 0 Å². The summed E-state index contributed by atoms with van der Waals surface area (Å²) in [4.78, 5) is 1.57. The third-order valence-electron chi connectivity index (χ3n) is 2.49. The van der Waals surface area contributed by atoms with E-state index in [1.54, 1.807) is 4.91 Å². The molecule has 0 nitrogen and oxygen atoms in total. The Bertz CT molecular complexity index is 248. The standard InChI is InChI=1S/C12H16S/c1-3-7-11(8-4-1)13-12-9-5-2-6-10-12/h1,3,5,7,9,12H,2,4,6,8,10H2. The van der Waals surface area contributed by atoms with Crippen molar-refractivity contribution in [3.05, 3.63) is 35.3 Å². The van der Waals surface area contributed by atoms with Crippen LogP contribution in [0.25, 0.3) is 0 Å². The van der Waals surface area contributed by atoms with Crippen molar-refractivity contribution < 1.29 is 0 Å². The van der Waals surface area contributed by atoms with Gasteiger partial charge in [0.1, 0.15) is 0 Å². The Morgan fingerprint density at radius 2 is 2.23 bits per heavy atom. The number of hydrogen-bond acceptors (Lipinski definition) is 1. The second-order valence-electron chi connectivity index (χ2n) is 3.62. The third kappa shape index (κ3) is 2.77. The van der Waals surface area contributed by atoms with Crippen molar-refractivity contribution in [1.82, 2.24) is 0 Å². The average molecular weight is 192 g/mol.